The number of nitrogens with one attached hydrogen (secondary N) is 1. The Morgan fingerprint density at radius 1 is 1.38 bits per heavy atom. The van der Waals surface area contributed by atoms with Crippen molar-refractivity contribution in [3.8, 4) is 0 Å². The van der Waals surface area contributed by atoms with Crippen LogP contribution < -0.4 is 11.1 Å². The SMILES string of the molecule is CC(C)(CCO)NC(=O)C1CCC(N)CC1. The maximum Gasteiger partial charge on any atom is 0.223 e. The van der Waals surface area contributed by atoms with Crippen molar-refractivity contribution in [2.45, 2.75) is 57.5 Å². The number of amides is 1. The Balaban J connectivity index is 2.40. The summed E-state index contributed by atoms with van der Waals surface area (Å²) in [7, 11) is 0. The molecule has 0 aliphatic heterocycles. The number of aliphatic hydroxyl groups excluding tert-OH is 1. The fraction of sp³-hybridized carbons (Fsp3) is 0.917. The molecule has 0 aromatic carbocycles. The molecule has 0 unspecified atom stereocenters. The monoisotopic (exact) mass is 228 g/mol. The minimum absolute atomic E-state index is 0.100. The maximum atomic E-state index is 12.0. The van der Waals surface area contributed by atoms with Crippen LogP contribution in [-0.2, 0) is 4.79 Å². The Kier molecular flexibility index (Phi) is 4.74. The van der Waals surface area contributed by atoms with Gasteiger partial charge in [-0.15, -0.1) is 0 Å². The third-order valence-electron chi connectivity index (χ3n) is 3.34. The average molecular weight is 228 g/mol. The Bertz CT molecular complexity index is 233. The Morgan fingerprint density at radius 2 is 1.94 bits per heavy atom. The first-order valence-corrected chi connectivity index (χ1v) is 6.13. The largest absolute Gasteiger partial charge is 0.396 e. The smallest absolute Gasteiger partial charge is 0.223 e. The highest BCUT2D eigenvalue weighted by atomic mass is 16.3. The Hall–Kier alpha value is -0.610. The summed E-state index contributed by atoms with van der Waals surface area (Å²) < 4.78 is 0. The first-order valence-electron chi connectivity index (χ1n) is 6.13. The van der Waals surface area contributed by atoms with E-state index in [9.17, 15) is 4.79 Å². The predicted molar refractivity (Wildman–Crippen MR) is 63.9 cm³/mol. The quantitative estimate of drug-likeness (QED) is 0.665. The van der Waals surface area contributed by atoms with Gasteiger partial charge in [-0.2, -0.15) is 0 Å². The highest BCUT2D eigenvalue weighted by Crippen LogP contribution is 2.24. The highest BCUT2D eigenvalue weighted by molar-refractivity contribution is 5.79. The van der Waals surface area contributed by atoms with Crippen LogP contribution in [0.2, 0.25) is 0 Å². The second-order valence-electron chi connectivity index (χ2n) is 5.46. The molecule has 4 N–H and O–H groups in total. The van der Waals surface area contributed by atoms with E-state index >= 15 is 0 Å². The molecular weight excluding hydrogens is 204 g/mol. The van der Waals surface area contributed by atoms with Gasteiger partial charge in [-0.3, -0.25) is 4.79 Å². The second-order valence-corrected chi connectivity index (χ2v) is 5.46. The molecule has 4 heteroatoms. The molecule has 0 atom stereocenters. The van der Waals surface area contributed by atoms with E-state index in [2.05, 4.69) is 5.32 Å². The van der Waals surface area contributed by atoms with Gasteiger partial charge in [0.1, 0.15) is 0 Å². The molecule has 0 heterocycles. The van der Waals surface area contributed by atoms with E-state index in [0.717, 1.165) is 25.7 Å². The van der Waals surface area contributed by atoms with Gasteiger partial charge in [-0.25, -0.2) is 0 Å². The number of hydrogen-bond donors (Lipinski definition) is 3. The van der Waals surface area contributed by atoms with Crippen LogP contribution in [0.5, 0.6) is 0 Å². The van der Waals surface area contributed by atoms with Crippen molar-refractivity contribution in [1.29, 1.82) is 0 Å². The van der Waals surface area contributed by atoms with E-state index in [4.69, 9.17) is 10.8 Å². The van der Waals surface area contributed by atoms with Crippen molar-refractivity contribution in [3.63, 3.8) is 0 Å². The van der Waals surface area contributed by atoms with Crippen molar-refractivity contribution in [2.24, 2.45) is 11.7 Å². The van der Waals surface area contributed by atoms with Crippen LogP contribution in [0.4, 0.5) is 0 Å². The van der Waals surface area contributed by atoms with Gasteiger partial charge in [0.15, 0.2) is 0 Å². The normalized spacial score (nSPS) is 26.5. The van der Waals surface area contributed by atoms with Crippen molar-refractivity contribution in [3.05, 3.63) is 0 Å². The lowest BCUT2D eigenvalue weighted by molar-refractivity contribution is -0.127. The van der Waals surface area contributed by atoms with Gasteiger partial charge in [0.25, 0.3) is 0 Å². The van der Waals surface area contributed by atoms with E-state index in [0.29, 0.717) is 6.42 Å². The van der Waals surface area contributed by atoms with Gasteiger partial charge in [0, 0.05) is 24.1 Å². The summed E-state index contributed by atoms with van der Waals surface area (Å²) in [6.45, 7) is 3.98. The number of hydrogen-bond acceptors (Lipinski definition) is 3. The number of rotatable bonds is 4. The summed E-state index contributed by atoms with van der Waals surface area (Å²) in [6.07, 6.45) is 4.26. The van der Waals surface area contributed by atoms with Gasteiger partial charge < -0.3 is 16.2 Å². The number of carbonyl (C=O) groups excluding carboxylic acids is 1. The van der Waals surface area contributed by atoms with Crippen molar-refractivity contribution >= 4 is 5.91 Å². The van der Waals surface area contributed by atoms with E-state index in [1.807, 2.05) is 13.8 Å². The third kappa shape index (κ3) is 4.10. The van der Waals surface area contributed by atoms with Crippen molar-refractivity contribution in [2.75, 3.05) is 6.61 Å². The predicted octanol–water partition coefficient (Wildman–Crippen LogP) is 0.781. The highest BCUT2D eigenvalue weighted by Gasteiger charge is 2.28. The number of aliphatic hydroxyl groups is 1. The summed E-state index contributed by atoms with van der Waals surface area (Å²) in [4.78, 5) is 12.0. The minimum Gasteiger partial charge on any atom is -0.396 e. The van der Waals surface area contributed by atoms with Crippen LogP contribution in [-0.4, -0.2) is 29.2 Å². The molecular formula is C12H24N2O2. The molecule has 0 aromatic rings. The van der Waals surface area contributed by atoms with Crippen LogP contribution in [0.15, 0.2) is 0 Å². The zero-order valence-corrected chi connectivity index (χ0v) is 10.3. The molecule has 1 amide bonds. The van der Waals surface area contributed by atoms with E-state index < -0.39 is 0 Å². The summed E-state index contributed by atoms with van der Waals surface area (Å²) in [5, 5.41) is 11.9. The molecule has 1 fully saturated rings. The molecule has 1 saturated carbocycles. The number of carbonyl (C=O) groups is 1. The first-order chi connectivity index (χ1) is 7.44. The Labute approximate surface area is 97.6 Å². The molecule has 0 aromatic heterocycles. The number of nitrogens with two attached hydrogens (primary N) is 1. The zero-order valence-electron chi connectivity index (χ0n) is 10.3. The van der Waals surface area contributed by atoms with Gasteiger partial charge >= 0.3 is 0 Å². The van der Waals surface area contributed by atoms with Crippen LogP contribution in [0.1, 0.15) is 46.0 Å². The van der Waals surface area contributed by atoms with E-state index in [1.165, 1.54) is 0 Å². The fourth-order valence-corrected chi connectivity index (χ4v) is 2.16. The molecule has 94 valence electrons. The van der Waals surface area contributed by atoms with E-state index in [1.54, 1.807) is 0 Å². The molecule has 0 saturated heterocycles. The van der Waals surface area contributed by atoms with Crippen LogP contribution in [0.3, 0.4) is 0 Å². The topological polar surface area (TPSA) is 75.3 Å². The molecule has 0 radical (unpaired) electrons. The lowest BCUT2D eigenvalue weighted by Gasteiger charge is -2.31. The van der Waals surface area contributed by atoms with Crippen LogP contribution >= 0.6 is 0 Å². The van der Waals surface area contributed by atoms with E-state index in [-0.39, 0.29) is 30.0 Å². The van der Waals surface area contributed by atoms with Crippen molar-refractivity contribution in [1.82, 2.24) is 5.32 Å². The second kappa shape index (κ2) is 5.64. The van der Waals surface area contributed by atoms with Gasteiger partial charge in [-0.05, 0) is 46.0 Å². The molecule has 1 aliphatic carbocycles. The Morgan fingerprint density at radius 3 is 2.44 bits per heavy atom. The van der Waals surface area contributed by atoms with Crippen molar-refractivity contribution < 1.29 is 9.90 Å². The van der Waals surface area contributed by atoms with Gasteiger partial charge in [0.2, 0.25) is 5.91 Å². The third-order valence-corrected chi connectivity index (χ3v) is 3.34. The molecule has 1 rings (SSSR count). The maximum absolute atomic E-state index is 12.0. The first kappa shape index (κ1) is 13.5. The summed E-state index contributed by atoms with van der Waals surface area (Å²) in [5.41, 5.74) is 5.49. The molecule has 1 aliphatic rings. The summed E-state index contributed by atoms with van der Waals surface area (Å²) >= 11 is 0. The fourth-order valence-electron chi connectivity index (χ4n) is 2.16. The minimum atomic E-state index is -0.314. The summed E-state index contributed by atoms with van der Waals surface area (Å²) in [6, 6.07) is 0.273. The summed E-state index contributed by atoms with van der Waals surface area (Å²) in [5.74, 6) is 0.225. The molecule has 0 bridgehead atoms. The standard InChI is InChI=1S/C12H24N2O2/c1-12(2,7-8-15)14-11(16)9-3-5-10(13)6-4-9/h9-10,15H,3-8,13H2,1-2H3,(H,14,16). The molecule has 16 heavy (non-hydrogen) atoms. The van der Waals surface area contributed by atoms with Crippen LogP contribution in [0, 0.1) is 5.92 Å². The van der Waals surface area contributed by atoms with Gasteiger partial charge in [0.05, 0.1) is 0 Å². The molecule has 4 nitrogen and oxygen atoms in total. The lowest BCUT2D eigenvalue weighted by atomic mass is 9.85. The lowest BCUT2D eigenvalue weighted by Crippen LogP contribution is -2.47. The van der Waals surface area contributed by atoms with Crippen LogP contribution in [0.25, 0.3) is 0 Å². The average Bonchev–Trinajstić information content (AvgIpc) is 2.17. The molecule has 0 spiro atoms. The zero-order chi connectivity index (χ0) is 12.2. The van der Waals surface area contributed by atoms with Gasteiger partial charge in [-0.1, -0.05) is 0 Å².